The van der Waals surface area contributed by atoms with Crippen LogP contribution in [0, 0.1) is 0 Å². The van der Waals surface area contributed by atoms with Gasteiger partial charge in [0.05, 0.1) is 16.8 Å². The third-order valence-corrected chi connectivity index (χ3v) is 13.1. The van der Waals surface area contributed by atoms with Gasteiger partial charge in [0.15, 0.2) is 5.82 Å². The average molecular weight is 789 g/mol. The second-order valence-corrected chi connectivity index (χ2v) is 16.4. The third-order valence-electron chi connectivity index (χ3n) is 13.1. The van der Waals surface area contributed by atoms with Gasteiger partial charge in [-0.1, -0.05) is 194 Å². The van der Waals surface area contributed by atoms with Gasteiger partial charge in [0.25, 0.3) is 0 Å². The van der Waals surface area contributed by atoms with Crippen molar-refractivity contribution < 1.29 is 4.42 Å². The fraction of sp³-hybridized carbons (Fsp3) is 0.0169. The molecule has 0 aliphatic heterocycles. The SMILES string of the molecule is c1ccc(-c2nc(-c3ccc(-c4ccc5c(c4)C4(c6ccccc6-c6ccccc64)c4ccccc4-5)cc3)cc(-c3cccc(-c4cccc5c4oc4ccccc45)c3)n2)cc1. The molecule has 2 aromatic heterocycles. The van der Waals surface area contributed by atoms with Crippen LogP contribution in [0.15, 0.2) is 223 Å². The molecule has 2 aliphatic rings. The van der Waals surface area contributed by atoms with E-state index in [1.54, 1.807) is 0 Å². The maximum Gasteiger partial charge on any atom is 0.160 e. The summed E-state index contributed by atoms with van der Waals surface area (Å²) in [6, 6.07) is 78.5. The Balaban J connectivity index is 0.912. The van der Waals surface area contributed by atoms with E-state index in [1.165, 1.54) is 50.1 Å². The molecule has 13 rings (SSSR count). The number of nitrogens with zero attached hydrogens (tertiary/aromatic N) is 2. The first kappa shape index (κ1) is 34.7. The molecule has 0 atom stereocenters. The molecule has 0 radical (unpaired) electrons. The van der Waals surface area contributed by atoms with Crippen LogP contribution in [0.5, 0.6) is 0 Å². The second-order valence-electron chi connectivity index (χ2n) is 16.4. The van der Waals surface area contributed by atoms with Crippen molar-refractivity contribution in [2.75, 3.05) is 0 Å². The summed E-state index contributed by atoms with van der Waals surface area (Å²) in [6.45, 7) is 0. The fourth-order valence-electron chi connectivity index (χ4n) is 10.4. The van der Waals surface area contributed by atoms with Crippen molar-refractivity contribution >= 4 is 21.9 Å². The van der Waals surface area contributed by atoms with E-state index < -0.39 is 0 Å². The fourth-order valence-corrected chi connectivity index (χ4v) is 10.4. The van der Waals surface area contributed by atoms with Gasteiger partial charge in [-0.2, -0.15) is 0 Å². The van der Waals surface area contributed by atoms with Crippen molar-refractivity contribution in [3.05, 3.63) is 241 Å². The smallest absolute Gasteiger partial charge is 0.160 e. The lowest BCUT2D eigenvalue weighted by Crippen LogP contribution is -2.25. The molecule has 0 saturated heterocycles. The Hall–Kier alpha value is -8.14. The summed E-state index contributed by atoms with van der Waals surface area (Å²) < 4.78 is 6.44. The maximum atomic E-state index is 6.44. The predicted octanol–water partition coefficient (Wildman–Crippen LogP) is 15.1. The van der Waals surface area contributed by atoms with Crippen LogP contribution >= 0.6 is 0 Å². The maximum absolute atomic E-state index is 6.44. The zero-order valence-corrected chi connectivity index (χ0v) is 33.6. The Labute approximate surface area is 359 Å². The van der Waals surface area contributed by atoms with Crippen LogP contribution in [0.25, 0.3) is 100 Å². The first-order valence-corrected chi connectivity index (χ1v) is 21.2. The molecular formula is C59H36N2O. The van der Waals surface area contributed by atoms with Crippen LogP contribution in [0.4, 0.5) is 0 Å². The topological polar surface area (TPSA) is 38.9 Å². The molecule has 11 aromatic rings. The summed E-state index contributed by atoms with van der Waals surface area (Å²) in [6.07, 6.45) is 0. The van der Waals surface area contributed by atoms with Crippen LogP contribution in [-0.2, 0) is 5.41 Å². The van der Waals surface area contributed by atoms with Gasteiger partial charge in [-0.05, 0) is 85.5 Å². The monoisotopic (exact) mass is 788 g/mol. The minimum atomic E-state index is -0.379. The first-order chi connectivity index (χ1) is 30.7. The van der Waals surface area contributed by atoms with E-state index in [1.807, 2.05) is 30.3 Å². The van der Waals surface area contributed by atoms with Crippen molar-refractivity contribution in [2.45, 2.75) is 5.41 Å². The molecule has 3 nitrogen and oxygen atoms in total. The lowest BCUT2D eigenvalue weighted by atomic mass is 9.70. The van der Waals surface area contributed by atoms with Crippen molar-refractivity contribution in [1.29, 1.82) is 0 Å². The molecule has 2 heterocycles. The van der Waals surface area contributed by atoms with E-state index in [-0.39, 0.29) is 5.41 Å². The van der Waals surface area contributed by atoms with Gasteiger partial charge in [-0.25, -0.2) is 9.97 Å². The predicted molar refractivity (Wildman–Crippen MR) is 253 cm³/mol. The molecular weight excluding hydrogens is 753 g/mol. The number of benzene rings is 9. The number of fused-ring (bicyclic) bond motifs is 13. The van der Waals surface area contributed by atoms with Gasteiger partial charge < -0.3 is 4.42 Å². The number of aromatic nitrogens is 2. The Bertz CT molecular complexity index is 3520. The molecule has 288 valence electrons. The minimum Gasteiger partial charge on any atom is -0.455 e. The van der Waals surface area contributed by atoms with E-state index in [9.17, 15) is 0 Å². The standard InChI is InChI=1S/C59H36N2O/c1-2-14-39(15-3-1)58-60-54(36-55(61-58)42-17-12-16-41(34-42)43-22-13-23-49-48-21-7-11-27-56(48)62-57(43)49)38-30-28-37(29-31-38)40-32-33-47-46-20-6-10-26-52(46)59(53(47)35-40)50-24-8-4-18-44(50)45-19-5-9-25-51(45)59/h1-36H. The number of rotatable bonds is 5. The lowest BCUT2D eigenvalue weighted by Gasteiger charge is -2.30. The molecule has 1 spiro atoms. The van der Waals surface area contributed by atoms with Crippen LogP contribution < -0.4 is 0 Å². The molecule has 0 bridgehead atoms. The van der Waals surface area contributed by atoms with Crippen molar-refractivity contribution in [3.8, 4) is 78.4 Å². The largest absolute Gasteiger partial charge is 0.455 e. The molecule has 62 heavy (non-hydrogen) atoms. The number of hydrogen-bond donors (Lipinski definition) is 0. The Morgan fingerprint density at radius 2 is 0.823 bits per heavy atom. The van der Waals surface area contributed by atoms with Crippen molar-refractivity contribution in [2.24, 2.45) is 0 Å². The Morgan fingerprint density at radius 3 is 1.55 bits per heavy atom. The summed E-state index contributed by atoms with van der Waals surface area (Å²) in [5.74, 6) is 0.688. The van der Waals surface area contributed by atoms with E-state index in [0.717, 1.165) is 66.7 Å². The van der Waals surface area contributed by atoms with Crippen LogP contribution in [0.2, 0.25) is 0 Å². The van der Waals surface area contributed by atoms with Gasteiger partial charge in [-0.3, -0.25) is 0 Å². The molecule has 0 saturated carbocycles. The molecule has 0 amide bonds. The highest BCUT2D eigenvalue weighted by Gasteiger charge is 2.51. The van der Waals surface area contributed by atoms with Crippen LogP contribution in [-0.4, -0.2) is 9.97 Å². The highest BCUT2D eigenvalue weighted by Crippen LogP contribution is 2.63. The normalized spacial score (nSPS) is 13.0. The Morgan fingerprint density at radius 1 is 0.306 bits per heavy atom. The highest BCUT2D eigenvalue weighted by atomic mass is 16.3. The summed E-state index contributed by atoms with van der Waals surface area (Å²) in [7, 11) is 0. The number of para-hydroxylation sites is 2. The van der Waals surface area contributed by atoms with Crippen LogP contribution in [0.1, 0.15) is 22.3 Å². The molecule has 2 aliphatic carbocycles. The Kier molecular flexibility index (Phi) is 7.52. The highest BCUT2D eigenvalue weighted by molar-refractivity contribution is 6.09. The second kappa shape index (κ2) is 13.4. The summed E-state index contributed by atoms with van der Waals surface area (Å²) in [5.41, 5.74) is 21.2. The van der Waals surface area contributed by atoms with E-state index >= 15 is 0 Å². The zero-order chi connectivity index (χ0) is 40.8. The van der Waals surface area contributed by atoms with Gasteiger partial charge >= 0.3 is 0 Å². The number of furan rings is 1. The third kappa shape index (κ3) is 5.06. The zero-order valence-electron chi connectivity index (χ0n) is 33.6. The van der Waals surface area contributed by atoms with E-state index in [4.69, 9.17) is 14.4 Å². The van der Waals surface area contributed by atoms with Gasteiger partial charge in [0.1, 0.15) is 11.2 Å². The molecule has 0 unspecified atom stereocenters. The molecule has 3 heteroatoms. The van der Waals surface area contributed by atoms with Crippen molar-refractivity contribution in [3.63, 3.8) is 0 Å². The van der Waals surface area contributed by atoms with Crippen molar-refractivity contribution in [1.82, 2.24) is 9.97 Å². The van der Waals surface area contributed by atoms with Crippen LogP contribution in [0.3, 0.4) is 0 Å². The van der Waals surface area contributed by atoms with E-state index in [2.05, 4.69) is 188 Å². The van der Waals surface area contributed by atoms with Gasteiger partial charge in [0.2, 0.25) is 0 Å². The summed E-state index contributed by atoms with van der Waals surface area (Å²) in [5, 5.41) is 2.23. The molecule has 9 aromatic carbocycles. The summed E-state index contributed by atoms with van der Waals surface area (Å²) in [4.78, 5) is 10.4. The van der Waals surface area contributed by atoms with Gasteiger partial charge in [0, 0.05) is 33.0 Å². The van der Waals surface area contributed by atoms with E-state index in [0.29, 0.717) is 5.82 Å². The summed E-state index contributed by atoms with van der Waals surface area (Å²) >= 11 is 0. The quantitative estimate of drug-likeness (QED) is 0.174. The average Bonchev–Trinajstić information content (AvgIpc) is 3.98. The first-order valence-electron chi connectivity index (χ1n) is 21.2. The molecule has 0 N–H and O–H groups in total. The lowest BCUT2D eigenvalue weighted by molar-refractivity contribution is 0.670. The minimum absolute atomic E-state index is 0.379. The molecule has 0 fully saturated rings. The number of hydrogen-bond acceptors (Lipinski definition) is 3. The van der Waals surface area contributed by atoms with Gasteiger partial charge in [-0.15, -0.1) is 0 Å².